The molecular weight excluding hydrogens is 388 g/mol. The van der Waals surface area contributed by atoms with Crippen LogP contribution < -0.4 is 0 Å². The van der Waals surface area contributed by atoms with Gasteiger partial charge in [-0.2, -0.15) is 4.98 Å². The summed E-state index contributed by atoms with van der Waals surface area (Å²) in [6, 6.07) is 13.6. The van der Waals surface area contributed by atoms with E-state index < -0.39 is 5.97 Å². The first-order valence-electron chi connectivity index (χ1n) is 9.14. The van der Waals surface area contributed by atoms with E-state index in [0.29, 0.717) is 11.5 Å². The maximum absolute atomic E-state index is 12.1. The Hall–Kier alpha value is -3.39. The van der Waals surface area contributed by atoms with Crippen LogP contribution in [0.3, 0.4) is 0 Å². The van der Waals surface area contributed by atoms with Crippen molar-refractivity contribution in [3.63, 3.8) is 0 Å². The van der Waals surface area contributed by atoms with Gasteiger partial charge in [0.25, 0.3) is 5.89 Å². The number of thiazole rings is 1. The Balaban J connectivity index is 1.32. The zero-order valence-electron chi connectivity index (χ0n) is 15.7. The lowest BCUT2D eigenvalue weighted by molar-refractivity contribution is -0.144. The second-order valence-corrected chi connectivity index (χ2v) is 7.12. The maximum Gasteiger partial charge on any atom is 0.312 e. The van der Waals surface area contributed by atoms with Gasteiger partial charge in [-0.15, -0.1) is 11.3 Å². The van der Waals surface area contributed by atoms with E-state index in [2.05, 4.69) is 27.0 Å². The molecule has 0 fully saturated rings. The highest BCUT2D eigenvalue weighted by atomic mass is 32.1. The molecule has 0 saturated heterocycles. The van der Waals surface area contributed by atoms with Crippen molar-refractivity contribution in [3.8, 4) is 22.1 Å². The van der Waals surface area contributed by atoms with Crippen LogP contribution in [0.4, 0.5) is 0 Å². The molecule has 0 N–H and O–H groups in total. The molecule has 3 heterocycles. The Morgan fingerprint density at radius 3 is 2.76 bits per heavy atom. The standard InChI is InChI=1S/C21H18N4O3S/c1-2-14-6-8-15(9-7-14)20-24-18(28-25-20)12-27-19(26)11-16-13-29-21(23-16)17-5-3-4-10-22-17/h3-10,13H,2,11-12H2,1H3. The molecule has 0 amide bonds. The molecule has 0 atom stereocenters. The summed E-state index contributed by atoms with van der Waals surface area (Å²) < 4.78 is 10.4. The fourth-order valence-electron chi connectivity index (χ4n) is 2.66. The number of ether oxygens (including phenoxy) is 1. The lowest BCUT2D eigenvalue weighted by Crippen LogP contribution is -2.08. The molecule has 4 rings (SSSR count). The number of carbonyl (C=O) groups is 1. The van der Waals surface area contributed by atoms with Gasteiger partial charge in [-0.25, -0.2) is 4.98 Å². The van der Waals surface area contributed by atoms with Crippen LogP contribution in [0.25, 0.3) is 22.1 Å². The van der Waals surface area contributed by atoms with Gasteiger partial charge in [0.15, 0.2) is 6.61 Å². The van der Waals surface area contributed by atoms with Gasteiger partial charge in [0.05, 0.1) is 17.8 Å². The third-order valence-electron chi connectivity index (χ3n) is 4.21. The summed E-state index contributed by atoms with van der Waals surface area (Å²) in [5.74, 6) is 0.313. The van der Waals surface area contributed by atoms with Crippen molar-refractivity contribution in [2.45, 2.75) is 26.4 Å². The summed E-state index contributed by atoms with van der Waals surface area (Å²) in [6.07, 6.45) is 2.75. The molecule has 4 aromatic rings. The molecule has 146 valence electrons. The number of pyridine rings is 1. The van der Waals surface area contributed by atoms with Crippen molar-refractivity contribution >= 4 is 17.3 Å². The van der Waals surface area contributed by atoms with Gasteiger partial charge in [0, 0.05) is 17.1 Å². The van der Waals surface area contributed by atoms with Crippen LogP contribution in [0.15, 0.2) is 58.6 Å². The first-order valence-corrected chi connectivity index (χ1v) is 10.0. The molecular formula is C21H18N4O3S. The fourth-order valence-corrected chi connectivity index (χ4v) is 3.45. The molecule has 7 nitrogen and oxygen atoms in total. The van der Waals surface area contributed by atoms with Crippen molar-refractivity contribution in [3.05, 3.63) is 71.2 Å². The predicted molar refractivity (Wildman–Crippen MR) is 108 cm³/mol. The molecule has 1 aromatic carbocycles. The highest BCUT2D eigenvalue weighted by Gasteiger charge is 2.14. The number of esters is 1. The van der Waals surface area contributed by atoms with Crippen LogP contribution in [-0.4, -0.2) is 26.1 Å². The number of hydrogen-bond donors (Lipinski definition) is 0. The van der Waals surface area contributed by atoms with E-state index in [1.54, 1.807) is 6.20 Å². The average molecular weight is 406 g/mol. The topological polar surface area (TPSA) is 91.0 Å². The SMILES string of the molecule is CCc1ccc(-c2noc(COC(=O)Cc3csc(-c4ccccn4)n3)n2)cc1. The molecule has 0 aliphatic rings. The molecule has 0 aliphatic carbocycles. The van der Waals surface area contributed by atoms with Gasteiger partial charge in [-0.05, 0) is 24.1 Å². The molecule has 8 heteroatoms. The van der Waals surface area contributed by atoms with E-state index in [0.717, 1.165) is 22.7 Å². The van der Waals surface area contributed by atoms with Crippen molar-refractivity contribution < 1.29 is 14.1 Å². The Bertz CT molecular complexity index is 1090. The number of hydrogen-bond acceptors (Lipinski definition) is 8. The van der Waals surface area contributed by atoms with E-state index in [-0.39, 0.29) is 18.9 Å². The van der Waals surface area contributed by atoms with Gasteiger partial charge in [-0.1, -0.05) is 42.4 Å². The molecule has 0 spiro atoms. The Morgan fingerprint density at radius 2 is 2.00 bits per heavy atom. The average Bonchev–Trinajstić information content (AvgIpc) is 3.43. The number of carbonyl (C=O) groups excluding carboxylic acids is 1. The molecule has 0 aliphatic heterocycles. The smallest absolute Gasteiger partial charge is 0.312 e. The van der Waals surface area contributed by atoms with Crippen LogP contribution in [-0.2, 0) is 29.0 Å². The Kier molecular flexibility index (Phi) is 5.71. The lowest BCUT2D eigenvalue weighted by Gasteiger charge is -2.00. The molecule has 0 unspecified atom stereocenters. The normalized spacial score (nSPS) is 10.8. The van der Waals surface area contributed by atoms with E-state index in [1.807, 2.05) is 47.8 Å². The van der Waals surface area contributed by atoms with Gasteiger partial charge in [0.2, 0.25) is 5.82 Å². The van der Waals surface area contributed by atoms with Crippen molar-refractivity contribution in [2.24, 2.45) is 0 Å². The largest absolute Gasteiger partial charge is 0.455 e. The van der Waals surface area contributed by atoms with Crippen molar-refractivity contribution in [1.82, 2.24) is 20.1 Å². The summed E-state index contributed by atoms with van der Waals surface area (Å²) in [7, 11) is 0. The van der Waals surface area contributed by atoms with Crippen LogP contribution in [0.5, 0.6) is 0 Å². The zero-order valence-corrected chi connectivity index (χ0v) is 16.6. The minimum Gasteiger partial charge on any atom is -0.455 e. The monoisotopic (exact) mass is 406 g/mol. The van der Waals surface area contributed by atoms with Crippen LogP contribution >= 0.6 is 11.3 Å². The zero-order chi connectivity index (χ0) is 20.1. The van der Waals surface area contributed by atoms with E-state index in [9.17, 15) is 4.79 Å². The van der Waals surface area contributed by atoms with E-state index in [4.69, 9.17) is 9.26 Å². The molecule has 3 aromatic heterocycles. The van der Waals surface area contributed by atoms with Crippen molar-refractivity contribution in [2.75, 3.05) is 0 Å². The van der Waals surface area contributed by atoms with Gasteiger partial charge in [-0.3, -0.25) is 9.78 Å². The second kappa shape index (κ2) is 8.74. The summed E-state index contributed by atoms with van der Waals surface area (Å²) in [5, 5.41) is 6.54. The summed E-state index contributed by atoms with van der Waals surface area (Å²) in [4.78, 5) is 25.1. The molecule has 0 bridgehead atoms. The highest BCUT2D eigenvalue weighted by Crippen LogP contribution is 2.22. The lowest BCUT2D eigenvalue weighted by atomic mass is 10.1. The van der Waals surface area contributed by atoms with E-state index in [1.165, 1.54) is 16.9 Å². The Labute approximate surface area is 171 Å². The van der Waals surface area contributed by atoms with Crippen LogP contribution in [0, 0.1) is 0 Å². The van der Waals surface area contributed by atoms with Gasteiger partial charge in [0.1, 0.15) is 5.01 Å². The maximum atomic E-state index is 12.1. The summed E-state index contributed by atoms with van der Waals surface area (Å²) >= 11 is 1.44. The number of rotatable bonds is 7. The first-order chi connectivity index (χ1) is 14.2. The van der Waals surface area contributed by atoms with Crippen molar-refractivity contribution in [1.29, 1.82) is 0 Å². The quantitative estimate of drug-likeness (QED) is 0.427. The number of nitrogens with zero attached hydrogens (tertiary/aromatic N) is 4. The van der Waals surface area contributed by atoms with Crippen LogP contribution in [0.2, 0.25) is 0 Å². The first kappa shape index (κ1) is 18.9. The van der Waals surface area contributed by atoms with Gasteiger partial charge >= 0.3 is 5.97 Å². The van der Waals surface area contributed by atoms with Gasteiger partial charge < -0.3 is 9.26 Å². The number of benzene rings is 1. The second-order valence-electron chi connectivity index (χ2n) is 6.26. The third-order valence-corrected chi connectivity index (χ3v) is 5.12. The minimum absolute atomic E-state index is 0.0722. The molecule has 0 saturated carbocycles. The van der Waals surface area contributed by atoms with Crippen LogP contribution in [0.1, 0.15) is 24.1 Å². The number of aromatic nitrogens is 4. The number of aryl methyl sites for hydroxylation is 1. The summed E-state index contributed by atoms with van der Waals surface area (Å²) in [5.41, 5.74) is 3.51. The highest BCUT2D eigenvalue weighted by molar-refractivity contribution is 7.13. The fraction of sp³-hybridized carbons (Fsp3) is 0.190. The summed E-state index contributed by atoms with van der Waals surface area (Å²) in [6.45, 7) is 2.02. The third kappa shape index (κ3) is 4.72. The molecule has 0 radical (unpaired) electrons. The Morgan fingerprint density at radius 1 is 1.14 bits per heavy atom. The minimum atomic E-state index is -0.407. The molecule has 29 heavy (non-hydrogen) atoms. The predicted octanol–water partition coefficient (Wildman–Crippen LogP) is 4.10. The van der Waals surface area contributed by atoms with E-state index >= 15 is 0 Å².